The van der Waals surface area contributed by atoms with Crippen molar-refractivity contribution in [2.75, 3.05) is 27.3 Å². The van der Waals surface area contributed by atoms with Crippen LogP contribution in [-0.2, 0) is 13.6 Å². The Hall–Kier alpha value is -3.20. The Bertz CT molecular complexity index is 1180. The molecule has 0 aliphatic carbocycles. The van der Waals surface area contributed by atoms with Crippen LogP contribution in [0.1, 0.15) is 12.5 Å². The quantitative estimate of drug-likeness (QED) is 0.553. The lowest BCUT2D eigenvalue weighted by Gasteiger charge is -2.37. The molecule has 0 radical (unpaired) electrons. The number of aromatic nitrogens is 2. The van der Waals surface area contributed by atoms with Crippen molar-refractivity contribution >= 4 is 10.8 Å². The minimum Gasteiger partial charge on any atom is -0.496 e. The number of likely N-dealkylation sites (tertiary alicyclic amines) is 1. The van der Waals surface area contributed by atoms with Crippen molar-refractivity contribution in [3.8, 4) is 28.5 Å². The third-order valence-electron chi connectivity index (χ3n) is 5.69. The van der Waals surface area contributed by atoms with E-state index in [1.165, 1.54) is 16.8 Å². The van der Waals surface area contributed by atoms with Crippen LogP contribution in [0, 0.1) is 5.92 Å². The molecular weight excluding hydrogens is 420 g/mol. The van der Waals surface area contributed by atoms with Gasteiger partial charge in [-0.2, -0.15) is 8.78 Å². The lowest BCUT2D eigenvalue weighted by Crippen LogP contribution is -2.44. The van der Waals surface area contributed by atoms with E-state index in [9.17, 15) is 13.6 Å². The second kappa shape index (κ2) is 8.74. The predicted molar refractivity (Wildman–Crippen MR) is 117 cm³/mol. The second-order valence-corrected chi connectivity index (χ2v) is 8.06. The zero-order valence-corrected chi connectivity index (χ0v) is 18.4. The molecule has 0 spiro atoms. The Kier molecular flexibility index (Phi) is 6.01. The average molecular weight is 445 g/mol. The average Bonchev–Trinajstić information content (AvgIpc) is 2.74. The van der Waals surface area contributed by atoms with Gasteiger partial charge >= 0.3 is 6.61 Å². The molecule has 0 unspecified atom stereocenters. The number of methoxy groups -OCH3 is 2. The number of nitrogens with zero attached hydrogens (tertiary/aromatic N) is 3. The number of benzene rings is 1. The monoisotopic (exact) mass is 445 g/mol. The van der Waals surface area contributed by atoms with E-state index in [-0.39, 0.29) is 11.4 Å². The van der Waals surface area contributed by atoms with E-state index < -0.39 is 6.61 Å². The Morgan fingerprint density at radius 3 is 2.34 bits per heavy atom. The number of rotatable bonds is 7. The lowest BCUT2D eigenvalue weighted by molar-refractivity contribution is -0.0527. The number of halogens is 2. The third kappa shape index (κ3) is 4.12. The van der Waals surface area contributed by atoms with Crippen LogP contribution in [-0.4, -0.2) is 48.4 Å². The molecule has 3 heterocycles. The molecule has 0 amide bonds. The van der Waals surface area contributed by atoms with E-state index in [4.69, 9.17) is 9.47 Å². The minimum absolute atomic E-state index is 0.260. The van der Waals surface area contributed by atoms with Crippen LogP contribution in [0.15, 0.2) is 35.4 Å². The molecule has 1 aliphatic heterocycles. The predicted octanol–water partition coefficient (Wildman–Crippen LogP) is 3.67. The Labute approximate surface area is 184 Å². The fraction of sp³-hybridized carbons (Fsp3) is 0.391. The van der Waals surface area contributed by atoms with E-state index in [1.807, 2.05) is 12.1 Å². The fourth-order valence-electron chi connectivity index (χ4n) is 4.20. The first-order valence-corrected chi connectivity index (χ1v) is 10.2. The largest absolute Gasteiger partial charge is 0.496 e. The van der Waals surface area contributed by atoms with E-state index >= 15 is 0 Å². The summed E-state index contributed by atoms with van der Waals surface area (Å²) >= 11 is 0. The molecule has 9 heteroatoms. The summed E-state index contributed by atoms with van der Waals surface area (Å²) in [4.78, 5) is 18.8. The van der Waals surface area contributed by atoms with Crippen LogP contribution in [0.25, 0.3) is 21.9 Å². The Morgan fingerprint density at radius 1 is 1.12 bits per heavy atom. The molecule has 1 aliphatic rings. The molecule has 3 aromatic rings. The second-order valence-electron chi connectivity index (χ2n) is 8.06. The Morgan fingerprint density at radius 2 is 1.78 bits per heavy atom. The van der Waals surface area contributed by atoms with Gasteiger partial charge in [-0.15, -0.1) is 0 Å². The van der Waals surface area contributed by atoms with Crippen LogP contribution in [0.5, 0.6) is 17.4 Å². The summed E-state index contributed by atoms with van der Waals surface area (Å²) in [7, 11) is 4.82. The van der Waals surface area contributed by atoms with Crippen LogP contribution in [0.4, 0.5) is 8.78 Å². The number of pyridine rings is 2. The smallest absolute Gasteiger partial charge is 0.388 e. The van der Waals surface area contributed by atoms with Gasteiger partial charge in [-0.1, -0.05) is 6.92 Å². The summed E-state index contributed by atoms with van der Waals surface area (Å²) in [5.41, 5.74) is 2.00. The van der Waals surface area contributed by atoms with Crippen molar-refractivity contribution in [3.63, 3.8) is 0 Å². The van der Waals surface area contributed by atoms with E-state index in [2.05, 4.69) is 21.5 Å². The third-order valence-corrected chi connectivity index (χ3v) is 5.69. The maximum Gasteiger partial charge on any atom is 0.388 e. The van der Waals surface area contributed by atoms with Crippen LogP contribution in [0.3, 0.4) is 0 Å². The number of hydrogen-bond donors (Lipinski definition) is 0. The van der Waals surface area contributed by atoms with Gasteiger partial charge in [-0.25, -0.2) is 4.98 Å². The van der Waals surface area contributed by atoms with Gasteiger partial charge in [-0.05, 0) is 23.6 Å². The summed E-state index contributed by atoms with van der Waals surface area (Å²) < 4.78 is 42.7. The number of fused-ring (bicyclic) bond motifs is 1. The van der Waals surface area contributed by atoms with Gasteiger partial charge in [0.15, 0.2) is 0 Å². The number of ether oxygens (including phenoxy) is 3. The first-order valence-electron chi connectivity index (χ1n) is 10.2. The van der Waals surface area contributed by atoms with Crippen molar-refractivity contribution in [2.45, 2.75) is 20.1 Å². The molecule has 4 rings (SSSR count). The first-order chi connectivity index (χ1) is 15.3. The molecule has 2 aromatic heterocycles. The highest BCUT2D eigenvalue weighted by Gasteiger charge is 2.26. The summed E-state index contributed by atoms with van der Waals surface area (Å²) in [5.74, 6) is 1.71. The highest BCUT2D eigenvalue weighted by Crippen LogP contribution is 2.39. The van der Waals surface area contributed by atoms with Crippen molar-refractivity contribution < 1.29 is 23.0 Å². The molecule has 0 saturated carbocycles. The normalized spacial score (nSPS) is 14.6. The fourth-order valence-corrected chi connectivity index (χ4v) is 4.20. The molecule has 0 bridgehead atoms. The number of hydrogen-bond acceptors (Lipinski definition) is 6. The molecule has 32 heavy (non-hydrogen) atoms. The molecule has 7 nitrogen and oxygen atoms in total. The van der Waals surface area contributed by atoms with Gasteiger partial charge in [-0.3, -0.25) is 9.69 Å². The van der Waals surface area contributed by atoms with Gasteiger partial charge < -0.3 is 18.8 Å². The van der Waals surface area contributed by atoms with E-state index in [0.717, 1.165) is 18.7 Å². The van der Waals surface area contributed by atoms with Crippen molar-refractivity contribution in [1.82, 2.24) is 14.5 Å². The summed E-state index contributed by atoms with van der Waals surface area (Å²) in [6, 6.07) is 5.09. The van der Waals surface area contributed by atoms with Crippen LogP contribution < -0.4 is 19.8 Å². The van der Waals surface area contributed by atoms with Gasteiger partial charge in [0.05, 0.1) is 25.2 Å². The molecule has 1 aromatic carbocycles. The van der Waals surface area contributed by atoms with Gasteiger partial charge in [0, 0.05) is 56.1 Å². The topological polar surface area (TPSA) is 65.8 Å². The van der Waals surface area contributed by atoms with E-state index in [0.29, 0.717) is 45.9 Å². The zero-order chi connectivity index (χ0) is 23.0. The maximum absolute atomic E-state index is 12.7. The summed E-state index contributed by atoms with van der Waals surface area (Å²) in [6.07, 6.45) is 2.91. The van der Waals surface area contributed by atoms with Crippen LogP contribution >= 0.6 is 0 Å². The maximum atomic E-state index is 12.7. The SMILES string of the molecule is COc1cc(-c2cn(C)c(=O)c3cnc(OC(F)F)cc23)cc(OC)c1CN1CC(C)C1. The minimum atomic E-state index is -3.02. The number of alkyl halides is 2. The van der Waals surface area contributed by atoms with Gasteiger partial charge in [0.25, 0.3) is 5.56 Å². The van der Waals surface area contributed by atoms with Crippen molar-refractivity contribution in [3.05, 3.63) is 46.5 Å². The molecular formula is C23H25F2N3O4. The van der Waals surface area contributed by atoms with Crippen molar-refractivity contribution in [2.24, 2.45) is 13.0 Å². The van der Waals surface area contributed by atoms with Crippen LogP contribution in [0.2, 0.25) is 0 Å². The molecule has 0 N–H and O–H groups in total. The molecule has 170 valence electrons. The lowest BCUT2D eigenvalue weighted by atomic mass is 9.97. The summed E-state index contributed by atoms with van der Waals surface area (Å²) in [6.45, 7) is 1.92. The number of aryl methyl sites for hydroxylation is 1. The van der Waals surface area contributed by atoms with Crippen molar-refractivity contribution in [1.29, 1.82) is 0 Å². The van der Waals surface area contributed by atoms with E-state index in [1.54, 1.807) is 27.5 Å². The zero-order valence-electron chi connectivity index (χ0n) is 18.4. The Balaban J connectivity index is 1.87. The molecule has 1 saturated heterocycles. The summed E-state index contributed by atoms with van der Waals surface area (Å²) in [5, 5.41) is 0.746. The highest BCUT2D eigenvalue weighted by molar-refractivity contribution is 5.96. The highest BCUT2D eigenvalue weighted by atomic mass is 19.3. The molecule has 0 atom stereocenters. The molecule has 1 fully saturated rings. The standard InChI is InChI=1S/C23H25F2N3O4/c1-13-9-28(10-13)12-18-19(30-3)5-14(6-20(18)31-4)17-11-27(2)22(29)16-8-26-21(7-15(16)17)32-23(24)25/h5-8,11,13,23H,9-10,12H2,1-4H3. The van der Waals surface area contributed by atoms with Gasteiger partial charge in [0.1, 0.15) is 11.5 Å². The first kappa shape index (κ1) is 22.0. The van der Waals surface area contributed by atoms with Gasteiger partial charge in [0.2, 0.25) is 5.88 Å².